The Balaban J connectivity index is 2.27. The van der Waals surface area contributed by atoms with Crippen molar-refractivity contribution in [3.8, 4) is 0 Å². The molecule has 0 atom stereocenters. The summed E-state index contributed by atoms with van der Waals surface area (Å²) in [6.07, 6.45) is -4.47. The molecule has 2 rings (SSSR count). The number of carbonyl (C=O) groups excluding carboxylic acids is 1. The first kappa shape index (κ1) is 17.6. The van der Waals surface area contributed by atoms with Crippen LogP contribution in [-0.4, -0.2) is 45.4 Å². The van der Waals surface area contributed by atoms with Gasteiger partial charge in [0, 0.05) is 19.7 Å². The number of amides is 1. The molecule has 0 bridgehead atoms. The van der Waals surface area contributed by atoms with Crippen LogP contribution in [0.1, 0.15) is 12.5 Å². The summed E-state index contributed by atoms with van der Waals surface area (Å²) in [5, 5.41) is 2.51. The number of ether oxygens (including phenoxy) is 2. The molecule has 1 aromatic rings. The predicted octanol–water partition coefficient (Wildman–Crippen LogP) is 2.52. The number of rotatable bonds is 5. The lowest BCUT2D eigenvalue weighted by molar-refractivity contribution is -0.137. The first-order valence-electron chi connectivity index (χ1n) is 7.33. The summed E-state index contributed by atoms with van der Waals surface area (Å²) in [7, 11) is 0. The fraction of sp³-hybridized carbons (Fsp3) is 0.533. The Morgan fingerprint density at radius 2 is 2.04 bits per heavy atom. The zero-order valence-electron chi connectivity index (χ0n) is 12.8. The molecule has 1 saturated heterocycles. The van der Waals surface area contributed by atoms with Crippen LogP contribution < -0.4 is 10.2 Å². The second-order valence-electron chi connectivity index (χ2n) is 5.01. The third-order valence-electron chi connectivity index (χ3n) is 3.39. The summed E-state index contributed by atoms with van der Waals surface area (Å²) >= 11 is 0. The molecule has 1 N–H and O–H groups in total. The molecule has 5 nitrogen and oxygen atoms in total. The van der Waals surface area contributed by atoms with Crippen molar-refractivity contribution in [3.63, 3.8) is 0 Å². The number of carbonyl (C=O) groups is 1. The van der Waals surface area contributed by atoms with Gasteiger partial charge in [-0.25, -0.2) is 0 Å². The van der Waals surface area contributed by atoms with Crippen molar-refractivity contribution in [1.82, 2.24) is 0 Å². The van der Waals surface area contributed by atoms with Gasteiger partial charge in [0.05, 0.1) is 30.2 Å². The van der Waals surface area contributed by atoms with Crippen LogP contribution in [0.5, 0.6) is 0 Å². The Morgan fingerprint density at radius 3 is 2.65 bits per heavy atom. The number of nitrogens with one attached hydrogen (secondary N) is 1. The van der Waals surface area contributed by atoms with Crippen molar-refractivity contribution in [2.75, 3.05) is 49.7 Å². The second kappa shape index (κ2) is 7.65. The molecule has 0 saturated carbocycles. The van der Waals surface area contributed by atoms with E-state index in [1.165, 1.54) is 6.07 Å². The minimum Gasteiger partial charge on any atom is -0.378 e. The number of halogens is 3. The molecule has 0 unspecified atom stereocenters. The van der Waals surface area contributed by atoms with Crippen LogP contribution in [0.4, 0.5) is 24.5 Å². The van der Waals surface area contributed by atoms with Gasteiger partial charge >= 0.3 is 6.18 Å². The Kier molecular flexibility index (Phi) is 5.84. The molecule has 1 aliphatic rings. The van der Waals surface area contributed by atoms with Gasteiger partial charge in [-0.1, -0.05) is 0 Å². The summed E-state index contributed by atoms with van der Waals surface area (Å²) in [5.41, 5.74) is -0.126. The van der Waals surface area contributed by atoms with Crippen LogP contribution in [-0.2, 0) is 20.4 Å². The molecule has 8 heteroatoms. The zero-order valence-corrected chi connectivity index (χ0v) is 12.8. The van der Waals surface area contributed by atoms with Crippen molar-refractivity contribution in [2.45, 2.75) is 13.1 Å². The van der Waals surface area contributed by atoms with Gasteiger partial charge in [-0.15, -0.1) is 0 Å². The molecule has 1 heterocycles. The first-order valence-corrected chi connectivity index (χ1v) is 7.33. The SMILES string of the molecule is CCOCC(=O)Nc1cc(C(F)(F)F)ccc1N1CCOCC1. The lowest BCUT2D eigenvalue weighted by atomic mass is 10.1. The Morgan fingerprint density at radius 1 is 1.35 bits per heavy atom. The normalized spacial score (nSPS) is 15.6. The average Bonchev–Trinajstić information content (AvgIpc) is 2.53. The molecule has 23 heavy (non-hydrogen) atoms. The van der Waals surface area contributed by atoms with Gasteiger partial charge in [-0.2, -0.15) is 13.2 Å². The van der Waals surface area contributed by atoms with Crippen molar-refractivity contribution in [1.29, 1.82) is 0 Å². The molecule has 1 aliphatic heterocycles. The molecule has 0 radical (unpaired) electrons. The van der Waals surface area contributed by atoms with Crippen molar-refractivity contribution in [2.24, 2.45) is 0 Å². The number of hydrogen-bond donors (Lipinski definition) is 1. The topological polar surface area (TPSA) is 50.8 Å². The van der Waals surface area contributed by atoms with Crippen LogP contribution in [0.25, 0.3) is 0 Å². The quantitative estimate of drug-likeness (QED) is 0.900. The number of anilines is 2. The van der Waals surface area contributed by atoms with Crippen molar-refractivity contribution in [3.05, 3.63) is 23.8 Å². The maximum absolute atomic E-state index is 12.9. The van der Waals surface area contributed by atoms with E-state index in [2.05, 4.69) is 5.32 Å². The standard InChI is InChI=1S/C15H19F3N2O3/c1-2-22-10-14(21)19-12-9-11(15(16,17)18)3-4-13(12)20-5-7-23-8-6-20/h3-4,9H,2,5-8,10H2,1H3,(H,19,21). The molecular formula is C15H19F3N2O3. The van der Waals surface area contributed by atoms with Gasteiger partial charge in [0.1, 0.15) is 6.61 Å². The number of hydrogen-bond acceptors (Lipinski definition) is 4. The van der Waals surface area contributed by atoms with Crippen LogP contribution in [0.2, 0.25) is 0 Å². The Labute approximate surface area is 132 Å². The second-order valence-corrected chi connectivity index (χ2v) is 5.01. The van der Waals surface area contributed by atoms with E-state index in [0.29, 0.717) is 38.6 Å². The summed E-state index contributed by atoms with van der Waals surface area (Å²) in [4.78, 5) is 13.7. The predicted molar refractivity (Wildman–Crippen MR) is 79.6 cm³/mol. The highest BCUT2D eigenvalue weighted by molar-refractivity contribution is 5.95. The average molecular weight is 332 g/mol. The lowest BCUT2D eigenvalue weighted by Gasteiger charge is -2.31. The Bertz CT molecular complexity index is 543. The third kappa shape index (κ3) is 4.84. The fourth-order valence-electron chi connectivity index (χ4n) is 2.27. The molecule has 0 spiro atoms. The highest BCUT2D eigenvalue weighted by atomic mass is 19.4. The molecule has 1 aromatic carbocycles. The van der Waals surface area contributed by atoms with Gasteiger partial charge in [0.25, 0.3) is 0 Å². The van der Waals surface area contributed by atoms with E-state index in [1.807, 2.05) is 4.90 Å². The molecule has 0 aromatic heterocycles. The van der Waals surface area contributed by atoms with Crippen LogP contribution in [0, 0.1) is 0 Å². The Hall–Kier alpha value is -1.80. The monoisotopic (exact) mass is 332 g/mol. The summed E-state index contributed by atoms with van der Waals surface area (Å²) in [6, 6.07) is 3.35. The van der Waals surface area contributed by atoms with Crippen molar-refractivity contribution >= 4 is 17.3 Å². The fourth-order valence-corrected chi connectivity index (χ4v) is 2.27. The van der Waals surface area contributed by atoms with E-state index in [4.69, 9.17) is 9.47 Å². The number of morpholine rings is 1. The highest BCUT2D eigenvalue weighted by Crippen LogP contribution is 2.35. The zero-order chi connectivity index (χ0) is 16.9. The van der Waals surface area contributed by atoms with E-state index in [-0.39, 0.29) is 12.3 Å². The number of nitrogens with zero attached hydrogens (tertiary/aromatic N) is 1. The minimum atomic E-state index is -4.47. The molecular weight excluding hydrogens is 313 g/mol. The maximum atomic E-state index is 12.9. The van der Waals surface area contributed by atoms with Gasteiger partial charge in [0.15, 0.2) is 0 Å². The van der Waals surface area contributed by atoms with Crippen molar-refractivity contribution < 1.29 is 27.4 Å². The van der Waals surface area contributed by atoms with E-state index in [9.17, 15) is 18.0 Å². The van der Waals surface area contributed by atoms with Gasteiger partial charge in [-0.05, 0) is 25.1 Å². The van der Waals surface area contributed by atoms with Gasteiger partial charge in [0.2, 0.25) is 5.91 Å². The number of alkyl halides is 3. The van der Waals surface area contributed by atoms with E-state index >= 15 is 0 Å². The molecule has 1 fully saturated rings. The lowest BCUT2D eigenvalue weighted by Crippen LogP contribution is -2.37. The summed E-state index contributed by atoms with van der Waals surface area (Å²) in [6.45, 7) is 3.98. The molecule has 1 amide bonds. The maximum Gasteiger partial charge on any atom is 0.416 e. The van der Waals surface area contributed by atoms with Crippen LogP contribution in [0.3, 0.4) is 0 Å². The highest BCUT2D eigenvalue weighted by Gasteiger charge is 2.31. The van der Waals surface area contributed by atoms with E-state index in [0.717, 1.165) is 12.1 Å². The van der Waals surface area contributed by atoms with Gasteiger partial charge < -0.3 is 19.7 Å². The molecule has 0 aliphatic carbocycles. The largest absolute Gasteiger partial charge is 0.416 e. The first-order chi connectivity index (χ1) is 10.9. The molecule has 128 valence electrons. The minimum absolute atomic E-state index is 0.131. The van der Waals surface area contributed by atoms with Crippen LogP contribution in [0.15, 0.2) is 18.2 Å². The summed E-state index contributed by atoms with van der Waals surface area (Å²) in [5.74, 6) is -0.485. The third-order valence-corrected chi connectivity index (χ3v) is 3.39. The summed E-state index contributed by atoms with van der Waals surface area (Å²) < 4.78 is 49.0. The van der Waals surface area contributed by atoms with E-state index in [1.54, 1.807) is 6.92 Å². The van der Waals surface area contributed by atoms with Crippen LogP contribution >= 0.6 is 0 Å². The van der Waals surface area contributed by atoms with E-state index < -0.39 is 17.6 Å². The van der Waals surface area contributed by atoms with Gasteiger partial charge in [-0.3, -0.25) is 4.79 Å². The number of benzene rings is 1. The smallest absolute Gasteiger partial charge is 0.378 e.